The van der Waals surface area contributed by atoms with Gasteiger partial charge in [-0.05, 0) is 18.6 Å². The van der Waals surface area contributed by atoms with Crippen LogP contribution in [0.25, 0.3) is 5.65 Å². The van der Waals surface area contributed by atoms with Crippen LogP contribution < -0.4 is 0 Å². The van der Waals surface area contributed by atoms with Crippen LogP contribution in [0.1, 0.15) is 6.42 Å². The van der Waals surface area contributed by atoms with Crippen LogP contribution >= 0.6 is 11.8 Å². The van der Waals surface area contributed by atoms with Crippen molar-refractivity contribution in [1.29, 1.82) is 0 Å². The molecule has 3 nitrogen and oxygen atoms in total. The molecule has 4 heteroatoms. The summed E-state index contributed by atoms with van der Waals surface area (Å²) < 4.78 is 1.99. The van der Waals surface area contributed by atoms with Crippen molar-refractivity contribution in [3.05, 3.63) is 37.1 Å². The molecule has 0 saturated heterocycles. The fourth-order valence-corrected chi connectivity index (χ4v) is 2.01. The molecule has 0 radical (unpaired) electrons. The first kappa shape index (κ1) is 9.27. The molecule has 0 bridgehead atoms. The van der Waals surface area contributed by atoms with Crippen LogP contribution in [0, 0.1) is 0 Å². The third-order valence-corrected chi connectivity index (χ3v) is 2.81. The van der Waals surface area contributed by atoms with Crippen molar-refractivity contribution in [3.8, 4) is 0 Å². The molecule has 0 saturated carbocycles. The fourth-order valence-electron chi connectivity index (χ4n) is 1.15. The van der Waals surface area contributed by atoms with Crippen molar-refractivity contribution in [1.82, 2.24) is 14.6 Å². The molecule has 14 heavy (non-hydrogen) atoms. The fraction of sp³-hybridized carbons (Fsp3) is 0.200. The van der Waals surface area contributed by atoms with E-state index in [1.165, 1.54) is 0 Å². The predicted molar refractivity (Wildman–Crippen MR) is 58.5 cm³/mol. The molecule has 2 heterocycles. The van der Waals surface area contributed by atoms with E-state index in [9.17, 15) is 0 Å². The smallest absolute Gasteiger partial charge is 0.195 e. The minimum absolute atomic E-state index is 0.897. The van der Waals surface area contributed by atoms with Crippen LogP contribution in [-0.4, -0.2) is 20.4 Å². The van der Waals surface area contributed by atoms with Gasteiger partial charge < -0.3 is 0 Å². The largest absolute Gasteiger partial charge is 0.277 e. The third kappa shape index (κ3) is 1.80. The summed E-state index contributed by atoms with van der Waals surface area (Å²) in [6, 6.07) is 5.89. The lowest BCUT2D eigenvalue weighted by Crippen LogP contribution is -1.86. The maximum atomic E-state index is 4.11. The van der Waals surface area contributed by atoms with Crippen molar-refractivity contribution in [2.45, 2.75) is 11.6 Å². The van der Waals surface area contributed by atoms with Gasteiger partial charge in [-0.15, -0.1) is 16.8 Å². The highest BCUT2D eigenvalue weighted by molar-refractivity contribution is 7.99. The Morgan fingerprint density at radius 1 is 1.43 bits per heavy atom. The standard InChI is InChI=1S/C10H11N3S/c1-2-3-8-14-10-12-11-9-6-4-5-7-13(9)10/h2,4-7H,1,3,8H2. The molecule has 0 aliphatic carbocycles. The number of nitrogens with zero attached hydrogens (tertiary/aromatic N) is 3. The molecule has 0 spiro atoms. The number of pyridine rings is 1. The predicted octanol–water partition coefficient (Wildman–Crippen LogP) is 2.40. The summed E-state index contributed by atoms with van der Waals surface area (Å²) in [6.45, 7) is 3.69. The van der Waals surface area contributed by atoms with E-state index in [-0.39, 0.29) is 0 Å². The molecule has 2 aromatic heterocycles. The van der Waals surface area contributed by atoms with Crippen LogP contribution in [0.15, 0.2) is 42.2 Å². The molecule has 2 aromatic rings. The Bertz CT molecular complexity index is 436. The number of rotatable bonds is 4. The zero-order valence-electron chi connectivity index (χ0n) is 7.76. The third-order valence-electron chi connectivity index (χ3n) is 1.84. The molecule has 0 unspecified atom stereocenters. The van der Waals surface area contributed by atoms with Crippen LogP contribution in [0.2, 0.25) is 0 Å². The maximum absolute atomic E-state index is 4.11. The normalized spacial score (nSPS) is 10.6. The molecule has 0 atom stereocenters. The summed E-state index contributed by atoms with van der Waals surface area (Å²) in [4.78, 5) is 0. The average Bonchev–Trinajstić information content (AvgIpc) is 2.63. The van der Waals surface area contributed by atoms with Gasteiger partial charge in [-0.25, -0.2) is 0 Å². The minimum atomic E-state index is 0.897. The van der Waals surface area contributed by atoms with Crippen molar-refractivity contribution < 1.29 is 0 Å². The number of aromatic nitrogens is 3. The van der Waals surface area contributed by atoms with Crippen LogP contribution in [0.4, 0.5) is 0 Å². The Morgan fingerprint density at radius 3 is 3.21 bits per heavy atom. The lowest BCUT2D eigenvalue weighted by Gasteiger charge is -1.96. The quantitative estimate of drug-likeness (QED) is 0.436. The van der Waals surface area contributed by atoms with E-state index in [0.717, 1.165) is 23.0 Å². The molecular formula is C10H11N3S. The van der Waals surface area contributed by atoms with E-state index in [1.54, 1.807) is 11.8 Å². The second kappa shape index (κ2) is 4.28. The van der Waals surface area contributed by atoms with Crippen LogP contribution in [-0.2, 0) is 0 Å². The SMILES string of the molecule is C=CCCSc1nnc2ccccn12. The van der Waals surface area contributed by atoms with Gasteiger partial charge in [0.15, 0.2) is 10.8 Å². The van der Waals surface area contributed by atoms with Gasteiger partial charge >= 0.3 is 0 Å². The number of hydrogen-bond acceptors (Lipinski definition) is 3. The lowest BCUT2D eigenvalue weighted by molar-refractivity contribution is 0.920. The molecule has 2 rings (SSSR count). The first-order valence-corrected chi connectivity index (χ1v) is 5.44. The summed E-state index contributed by atoms with van der Waals surface area (Å²) in [5.74, 6) is 0.999. The first-order chi connectivity index (χ1) is 6.92. The molecular weight excluding hydrogens is 194 g/mol. The highest BCUT2D eigenvalue weighted by Crippen LogP contribution is 2.17. The minimum Gasteiger partial charge on any atom is -0.277 e. The van der Waals surface area contributed by atoms with E-state index in [0.29, 0.717) is 0 Å². The van der Waals surface area contributed by atoms with Crippen LogP contribution in [0.3, 0.4) is 0 Å². The topological polar surface area (TPSA) is 30.2 Å². The van der Waals surface area contributed by atoms with Crippen molar-refractivity contribution >= 4 is 17.4 Å². The van der Waals surface area contributed by atoms with Crippen molar-refractivity contribution in [2.24, 2.45) is 0 Å². The van der Waals surface area contributed by atoms with Crippen LogP contribution in [0.5, 0.6) is 0 Å². The molecule has 0 aliphatic heterocycles. The van der Waals surface area contributed by atoms with Gasteiger partial charge in [-0.1, -0.05) is 23.9 Å². The van der Waals surface area contributed by atoms with Gasteiger partial charge in [0.2, 0.25) is 0 Å². The van der Waals surface area contributed by atoms with Crippen molar-refractivity contribution in [2.75, 3.05) is 5.75 Å². The maximum Gasteiger partial charge on any atom is 0.195 e. The molecule has 72 valence electrons. The van der Waals surface area contributed by atoms with Crippen molar-refractivity contribution in [3.63, 3.8) is 0 Å². The second-order valence-electron chi connectivity index (χ2n) is 2.84. The Kier molecular flexibility index (Phi) is 2.84. The summed E-state index contributed by atoms with van der Waals surface area (Å²) in [5, 5.41) is 9.12. The Labute approximate surface area is 86.9 Å². The molecule has 0 fully saturated rings. The second-order valence-corrected chi connectivity index (χ2v) is 3.90. The Balaban J connectivity index is 2.20. The van der Waals surface area contributed by atoms with E-state index in [1.807, 2.05) is 34.9 Å². The summed E-state index contributed by atoms with van der Waals surface area (Å²) in [7, 11) is 0. The van der Waals surface area contributed by atoms with E-state index < -0.39 is 0 Å². The first-order valence-electron chi connectivity index (χ1n) is 4.45. The highest BCUT2D eigenvalue weighted by atomic mass is 32.2. The van der Waals surface area contributed by atoms with Gasteiger partial charge in [-0.3, -0.25) is 4.40 Å². The van der Waals surface area contributed by atoms with Gasteiger partial charge in [-0.2, -0.15) is 0 Å². The number of thioether (sulfide) groups is 1. The number of hydrogen-bond donors (Lipinski definition) is 0. The summed E-state index contributed by atoms with van der Waals surface area (Å²) in [5.41, 5.74) is 0.897. The summed E-state index contributed by atoms with van der Waals surface area (Å²) in [6.07, 6.45) is 4.88. The average molecular weight is 205 g/mol. The van der Waals surface area contributed by atoms with Gasteiger partial charge in [0.1, 0.15) is 0 Å². The number of allylic oxidation sites excluding steroid dienone is 1. The molecule has 0 aliphatic rings. The van der Waals surface area contributed by atoms with E-state index in [4.69, 9.17) is 0 Å². The lowest BCUT2D eigenvalue weighted by atomic mass is 10.5. The molecule has 0 aromatic carbocycles. The van der Waals surface area contributed by atoms with E-state index >= 15 is 0 Å². The summed E-state index contributed by atoms with van der Waals surface area (Å²) >= 11 is 1.70. The Hall–Kier alpha value is -1.29. The monoisotopic (exact) mass is 205 g/mol. The number of fused-ring (bicyclic) bond motifs is 1. The zero-order chi connectivity index (χ0) is 9.80. The highest BCUT2D eigenvalue weighted by Gasteiger charge is 2.03. The molecule has 0 amide bonds. The Morgan fingerprint density at radius 2 is 2.36 bits per heavy atom. The van der Waals surface area contributed by atoms with Gasteiger partial charge in [0.25, 0.3) is 0 Å². The van der Waals surface area contributed by atoms with Gasteiger partial charge in [0, 0.05) is 11.9 Å². The molecule has 0 N–H and O–H groups in total. The zero-order valence-corrected chi connectivity index (χ0v) is 8.57. The van der Waals surface area contributed by atoms with Gasteiger partial charge in [0.05, 0.1) is 0 Å². The van der Waals surface area contributed by atoms with E-state index in [2.05, 4.69) is 16.8 Å².